The number of esters is 1. The number of ether oxygens (including phenoxy) is 2. The quantitative estimate of drug-likeness (QED) is 0.154. The van der Waals surface area contributed by atoms with Crippen LogP contribution in [-0.2, 0) is 20.7 Å². The Kier molecular flexibility index (Phi) is 9.65. The maximum absolute atomic E-state index is 13.0. The molecule has 1 aromatic carbocycles. The molecule has 1 amide bonds. The number of aromatic nitrogens is 6. The normalized spacial score (nSPS) is 16.6. The number of fused-ring (bicyclic) bond motifs is 1. The number of halogens is 1. The number of nitrogens with two attached hydrogens (primary N) is 1. The van der Waals surface area contributed by atoms with E-state index in [0.29, 0.717) is 48.0 Å². The van der Waals surface area contributed by atoms with Crippen molar-refractivity contribution in [1.82, 2.24) is 34.9 Å². The van der Waals surface area contributed by atoms with Gasteiger partial charge in [-0.25, -0.2) is 14.8 Å². The van der Waals surface area contributed by atoms with E-state index in [4.69, 9.17) is 26.8 Å². The summed E-state index contributed by atoms with van der Waals surface area (Å²) >= 11 is 6.92. The Morgan fingerprint density at radius 3 is 2.80 bits per heavy atom. The summed E-state index contributed by atoms with van der Waals surface area (Å²) < 4.78 is 12.0. The Labute approximate surface area is 267 Å². The molecule has 0 aliphatic carbocycles. The van der Waals surface area contributed by atoms with Crippen LogP contribution in [0, 0.1) is 22.7 Å². The van der Waals surface area contributed by atoms with Crippen LogP contribution in [0.1, 0.15) is 30.3 Å². The molecule has 4 aromatic rings. The van der Waals surface area contributed by atoms with Gasteiger partial charge in [-0.1, -0.05) is 11.6 Å². The molecule has 0 saturated carbocycles. The molecule has 3 aromatic heterocycles. The minimum Gasteiger partial charge on any atom is -0.457 e. The van der Waals surface area contributed by atoms with Gasteiger partial charge in [-0.15, -0.1) is 5.10 Å². The first-order chi connectivity index (χ1) is 22.2. The van der Waals surface area contributed by atoms with E-state index < -0.39 is 30.3 Å². The number of hydrogen-bond acceptors (Lipinski definition) is 14. The molecule has 0 spiro atoms. The van der Waals surface area contributed by atoms with E-state index in [-0.39, 0.29) is 35.2 Å². The summed E-state index contributed by atoms with van der Waals surface area (Å²) in [6.45, 7) is 2.92. The van der Waals surface area contributed by atoms with Crippen molar-refractivity contribution in [2.45, 2.75) is 38.0 Å². The number of carbonyl (C=O) groups is 2. The molecule has 0 radical (unpaired) electrons. The van der Waals surface area contributed by atoms with E-state index in [0.717, 1.165) is 0 Å². The van der Waals surface area contributed by atoms with Gasteiger partial charge in [-0.2, -0.15) is 20.0 Å². The third kappa shape index (κ3) is 6.85. The first kappa shape index (κ1) is 31.8. The van der Waals surface area contributed by atoms with Crippen molar-refractivity contribution in [3.8, 4) is 12.1 Å². The number of alkyl carbamates (subject to hydrolysis) is 1. The van der Waals surface area contributed by atoms with Crippen LogP contribution in [0.3, 0.4) is 0 Å². The highest BCUT2D eigenvalue weighted by Crippen LogP contribution is 2.37. The van der Waals surface area contributed by atoms with Gasteiger partial charge in [0.1, 0.15) is 18.2 Å². The smallest absolute Gasteiger partial charge is 0.407 e. The molecule has 5 rings (SSSR count). The van der Waals surface area contributed by atoms with Crippen LogP contribution in [0.25, 0.3) is 5.65 Å². The van der Waals surface area contributed by atoms with Crippen LogP contribution < -0.4 is 26.6 Å². The minimum atomic E-state index is -0.989. The van der Waals surface area contributed by atoms with Gasteiger partial charge in [0.15, 0.2) is 17.2 Å². The van der Waals surface area contributed by atoms with Gasteiger partial charge < -0.3 is 41.0 Å². The third-order valence-corrected chi connectivity index (χ3v) is 7.60. The summed E-state index contributed by atoms with van der Waals surface area (Å²) in [5.74, 6) is -0.178. The molecule has 6 N–H and O–H groups in total. The van der Waals surface area contributed by atoms with Crippen LogP contribution in [0.4, 0.5) is 27.9 Å². The second kappa shape index (κ2) is 14.0. The van der Waals surface area contributed by atoms with Crippen LogP contribution in [-0.4, -0.2) is 86.5 Å². The van der Waals surface area contributed by atoms with E-state index >= 15 is 0 Å². The number of anilines is 4. The second-order valence-corrected chi connectivity index (χ2v) is 10.6. The number of imidazole rings is 2. The lowest BCUT2D eigenvalue weighted by Crippen LogP contribution is -2.56. The summed E-state index contributed by atoms with van der Waals surface area (Å²) in [5, 5.41) is 32.9. The maximum atomic E-state index is 13.0. The summed E-state index contributed by atoms with van der Waals surface area (Å²) in [7, 11) is 1.24. The number of methoxy groups -OCH3 is 1. The topological polar surface area (TPSA) is 237 Å². The molecule has 1 saturated heterocycles. The predicted octanol–water partition coefficient (Wildman–Crippen LogP) is 1.84. The average molecular weight is 648 g/mol. The van der Waals surface area contributed by atoms with Crippen molar-refractivity contribution >= 4 is 52.5 Å². The molecule has 4 heterocycles. The lowest BCUT2D eigenvalue weighted by atomic mass is 10.00. The van der Waals surface area contributed by atoms with Crippen molar-refractivity contribution in [2.75, 3.05) is 42.3 Å². The highest BCUT2D eigenvalue weighted by molar-refractivity contribution is 6.36. The van der Waals surface area contributed by atoms with Gasteiger partial charge in [0.2, 0.25) is 5.95 Å². The number of nitrogens with one attached hydrogen (secondary N) is 4. The summed E-state index contributed by atoms with van der Waals surface area (Å²) in [6, 6.07) is 5.76. The first-order valence-corrected chi connectivity index (χ1v) is 14.6. The molecule has 1 aliphatic heterocycles. The molecule has 238 valence electrons. The first-order valence-electron chi connectivity index (χ1n) is 14.2. The number of carbonyl (C=O) groups excluding carboxylic acids is 2. The molecule has 0 unspecified atom stereocenters. The largest absolute Gasteiger partial charge is 0.457 e. The summed E-state index contributed by atoms with van der Waals surface area (Å²) in [4.78, 5) is 42.5. The van der Waals surface area contributed by atoms with Gasteiger partial charge in [-0.05, 0) is 25.5 Å². The monoisotopic (exact) mass is 647 g/mol. The number of rotatable bonds is 10. The standard InChI is InChI=1S/C28H30ClN13O4/c1-3-34-24-25-35-12-17(10-31)42(25)40-27(39-24)37-20-6-15(9-30)7-21(23(20)29)41-5-4-19(38-28(44)45-2)22(13-41)46-26(43)18(32)8-16-11-33-14-36-16/h6-7,11-12,14,18-19,22H,3-5,8,13,32H2,1-2H3,(H,33,36)(H,38,44)(H2,34,37,39,40)/t18-,19+,22+/m0/s1. The second-order valence-electron chi connectivity index (χ2n) is 10.2. The fraction of sp³-hybridized carbons (Fsp3) is 0.357. The van der Waals surface area contributed by atoms with Crippen LogP contribution in [0.15, 0.2) is 30.9 Å². The maximum Gasteiger partial charge on any atom is 0.407 e. The molecule has 0 bridgehead atoms. The van der Waals surface area contributed by atoms with Gasteiger partial charge in [0, 0.05) is 31.4 Å². The van der Waals surface area contributed by atoms with Crippen molar-refractivity contribution in [3.63, 3.8) is 0 Å². The van der Waals surface area contributed by atoms with Gasteiger partial charge in [0.25, 0.3) is 0 Å². The molecule has 1 fully saturated rings. The fourth-order valence-corrected chi connectivity index (χ4v) is 5.27. The molecule has 1 aliphatic rings. The van der Waals surface area contributed by atoms with Gasteiger partial charge in [-0.3, -0.25) is 4.79 Å². The number of amides is 1. The van der Waals surface area contributed by atoms with Crippen LogP contribution >= 0.6 is 11.6 Å². The van der Waals surface area contributed by atoms with Crippen molar-refractivity contribution < 1.29 is 19.1 Å². The number of piperidine rings is 1. The summed E-state index contributed by atoms with van der Waals surface area (Å²) in [5.41, 5.74) is 8.42. The lowest BCUT2D eigenvalue weighted by Gasteiger charge is -2.40. The molecule has 3 atom stereocenters. The Balaban J connectivity index is 1.43. The Morgan fingerprint density at radius 1 is 1.28 bits per heavy atom. The number of hydrogen-bond donors (Lipinski definition) is 5. The highest BCUT2D eigenvalue weighted by atomic mass is 35.5. The number of benzene rings is 1. The number of aromatic amines is 1. The van der Waals surface area contributed by atoms with E-state index in [1.807, 2.05) is 17.9 Å². The highest BCUT2D eigenvalue weighted by Gasteiger charge is 2.36. The van der Waals surface area contributed by atoms with Crippen LogP contribution in [0.2, 0.25) is 5.02 Å². The average Bonchev–Trinajstić information content (AvgIpc) is 3.72. The Hall–Kier alpha value is -5.65. The molecule has 17 nitrogen and oxygen atoms in total. The predicted molar refractivity (Wildman–Crippen MR) is 165 cm³/mol. The van der Waals surface area contributed by atoms with Crippen molar-refractivity contribution in [1.29, 1.82) is 10.5 Å². The van der Waals surface area contributed by atoms with Crippen molar-refractivity contribution in [3.05, 3.63) is 52.8 Å². The van der Waals surface area contributed by atoms with Crippen LogP contribution in [0.5, 0.6) is 0 Å². The Morgan fingerprint density at radius 2 is 2.11 bits per heavy atom. The SMILES string of the molecule is CCNc1nc(Nc2cc(C#N)cc(N3CC[C@@H](NC(=O)OC)[C@H](OC(=O)[C@@H](N)Cc4cnc[nH]4)C3)c2Cl)nn2c(C#N)cnc12. The molecular weight excluding hydrogens is 618 g/mol. The number of H-pyrrole nitrogens is 1. The fourth-order valence-electron chi connectivity index (χ4n) is 5.00. The van der Waals surface area contributed by atoms with E-state index in [2.05, 4.69) is 47.1 Å². The third-order valence-electron chi connectivity index (χ3n) is 7.20. The number of nitrogens with zero attached hydrogens (tertiary/aromatic N) is 8. The zero-order valence-electron chi connectivity index (χ0n) is 24.8. The zero-order chi connectivity index (χ0) is 32.8. The van der Waals surface area contributed by atoms with Gasteiger partial charge >= 0.3 is 12.1 Å². The Bertz CT molecular complexity index is 1810. The summed E-state index contributed by atoms with van der Waals surface area (Å²) in [6.07, 6.45) is 3.44. The zero-order valence-corrected chi connectivity index (χ0v) is 25.6. The molecule has 18 heteroatoms. The molecule has 46 heavy (non-hydrogen) atoms. The van der Waals surface area contributed by atoms with Crippen molar-refractivity contribution in [2.24, 2.45) is 5.73 Å². The van der Waals surface area contributed by atoms with E-state index in [1.54, 1.807) is 18.3 Å². The minimum absolute atomic E-state index is 0.0972. The van der Waals surface area contributed by atoms with E-state index in [9.17, 15) is 20.1 Å². The van der Waals surface area contributed by atoms with Gasteiger partial charge in [0.05, 0.1) is 60.3 Å². The van der Waals surface area contributed by atoms with E-state index in [1.165, 1.54) is 24.1 Å². The number of nitriles is 2. The molecular formula is C28H30ClN13O4. The lowest BCUT2D eigenvalue weighted by molar-refractivity contribution is -0.152.